The quantitative estimate of drug-likeness (QED) is 0.490. The highest BCUT2D eigenvalue weighted by molar-refractivity contribution is 5.86. The van der Waals surface area contributed by atoms with Gasteiger partial charge in [0.15, 0.2) is 5.69 Å². The van der Waals surface area contributed by atoms with Crippen molar-refractivity contribution in [1.82, 2.24) is 9.89 Å². The molecule has 0 amide bonds. The van der Waals surface area contributed by atoms with E-state index in [1.54, 1.807) is 6.92 Å². The zero-order chi connectivity index (χ0) is 8.97. The highest BCUT2D eigenvalue weighted by Crippen LogP contribution is 1.97. The monoisotopic (exact) mass is 169 g/mol. The maximum Gasteiger partial charge on any atom is 0.358 e. The van der Waals surface area contributed by atoms with Crippen LogP contribution in [0.2, 0.25) is 0 Å². The topological polar surface area (TPSA) is 73.6 Å². The van der Waals surface area contributed by atoms with Crippen LogP contribution in [0.25, 0.3) is 0 Å². The maximum atomic E-state index is 10.9. The summed E-state index contributed by atoms with van der Waals surface area (Å²) in [5.74, 6) is -0.556. The third-order valence-corrected chi connectivity index (χ3v) is 1.14. The molecule has 0 atom stereocenters. The van der Waals surface area contributed by atoms with Gasteiger partial charge in [0.2, 0.25) is 0 Å². The van der Waals surface area contributed by atoms with E-state index in [2.05, 4.69) is 15.1 Å². The zero-order valence-corrected chi connectivity index (χ0v) is 6.43. The number of ether oxygens (including phenoxy) is 1. The van der Waals surface area contributed by atoms with Crippen LogP contribution in [0.5, 0.6) is 0 Å². The van der Waals surface area contributed by atoms with Gasteiger partial charge in [-0.2, -0.15) is 0 Å². The lowest BCUT2D eigenvalue weighted by molar-refractivity contribution is 0.0518. The van der Waals surface area contributed by atoms with Gasteiger partial charge in [-0.05, 0) is 13.0 Å². The fourth-order valence-corrected chi connectivity index (χ4v) is 0.674. The molecule has 0 aliphatic carbocycles. The van der Waals surface area contributed by atoms with E-state index in [1.807, 2.05) is 0 Å². The number of nitroso groups, excluding NO2 is 1. The molecule has 0 fully saturated rings. The van der Waals surface area contributed by atoms with Crippen molar-refractivity contribution in [3.05, 3.63) is 22.9 Å². The molecule has 0 N–H and O–H groups in total. The minimum Gasteiger partial charge on any atom is -0.461 e. The van der Waals surface area contributed by atoms with Crippen LogP contribution in [0.1, 0.15) is 17.4 Å². The lowest BCUT2D eigenvalue weighted by Gasteiger charge is -1.95. The molecule has 0 spiro atoms. The van der Waals surface area contributed by atoms with Gasteiger partial charge in [-0.1, -0.05) is 0 Å². The molecule has 0 radical (unpaired) electrons. The number of hydrogen-bond donors (Lipinski definition) is 0. The predicted octanol–water partition coefficient (Wildman–Crippen LogP) is 0.589. The molecule has 0 saturated carbocycles. The summed E-state index contributed by atoms with van der Waals surface area (Å²) in [5.41, 5.74) is 0.0800. The first-order valence-electron chi connectivity index (χ1n) is 3.34. The van der Waals surface area contributed by atoms with E-state index in [-0.39, 0.29) is 12.3 Å². The second kappa shape index (κ2) is 3.61. The molecule has 1 aromatic rings. The molecule has 0 aliphatic rings. The molecule has 6 heteroatoms. The molecular formula is C6H7N3O3. The van der Waals surface area contributed by atoms with Gasteiger partial charge in [0.1, 0.15) is 0 Å². The van der Waals surface area contributed by atoms with Crippen LogP contribution in [-0.2, 0) is 4.74 Å². The van der Waals surface area contributed by atoms with E-state index in [0.29, 0.717) is 0 Å². The van der Waals surface area contributed by atoms with E-state index >= 15 is 0 Å². The van der Waals surface area contributed by atoms with Crippen molar-refractivity contribution in [3.8, 4) is 0 Å². The number of carbonyl (C=O) groups is 1. The number of nitrogens with zero attached hydrogens (tertiary/aromatic N) is 3. The van der Waals surface area contributed by atoms with E-state index in [9.17, 15) is 9.70 Å². The van der Waals surface area contributed by atoms with Gasteiger partial charge < -0.3 is 4.74 Å². The Bertz CT molecular complexity index is 294. The number of aromatic nitrogens is 2. The van der Waals surface area contributed by atoms with Gasteiger partial charge in [-0.25, -0.2) is 4.79 Å². The second-order valence-corrected chi connectivity index (χ2v) is 1.92. The molecule has 0 unspecified atom stereocenters. The van der Waals surface area contributed by atoms with E-state index in [4.69, 9.17) is 0 Å². The van der Waals surface area contributed by atoms with Gasteiger partial charge in [0.05, 0.1) is 18.1 Å². The highest BCUT2D eigenvalue weighted by Gasteiger charge is 2.09. The Morgan fingerprint density at radius 1 is 1.83 bits per heavy atom. The molecule has 1 aromatic heterocycles. The van der Waals surface area contributed by atoms with Gasteiger partial charge in [-0.15, -0.1) is 14.8 Å². The van der Waals surface area contributed by atoms with Crippen molar-refractivity contribution in [3.63, 3.8) is 0 Å². The van der Waals surface area contributed by atoms with Crippen LogP contribution in [0.4, 0.5) is 0 Å². The molecule has 1 rings (SSSR count). The second-order valence-electron chi connectivity index (χ2n) is 1.92. The van der Waals surface area contributed by atoms with Gasteiger partial charge in [0, 0.05) is 0 Å². The normalized spacial score (nSPS) is 9.42. The minimum atomic E-state index is -0.556. The summed E-state index contributed by atoms with van der Waals surface area (Å²) in [6, 6.07) is 1.36. The Morgan fingerprint density at radius 3 is 3.08 bits per heavy atom. The Kier molecular flexibility index (Phi) is 2.52. The summed E-state index contributed by atoms with van der Waals surface area (Å²) in [6.45, 7) is 1.97. The predicted molar refractivity (Wildman–Crippen MR) is 39.4 cm³/mol. The number of rotatable bonds is 3. The van der Waals surface area contributed by atoms with Crippen molar-refractivity contribution >= 4 is 5.97 Å². The smallest absolute Gasteiger partial charge is 0.358 e. The largest absolute Gasteiger partial charge is 0.461 e. The first-order chi connectivity index (χ1) is 5.77. The van der Waals surface area contributed by atoms with Crippen LogP contribution in [0, 0.1) is 4.91 Å². The molecule has 0 bridgehead atoms. The molecule has 0 saturated heterocycles. The van der Waals surface area contributed by atoms with Gasteiger partial charge in [0.25, 0.3) is 0 Å². The van der Waals surface area contributed by atoms with E-state index < -0.39 is 5.97 Å². The molecular weight excluding hydrogens is 162 g/mol. The SMILES string of the molecule is CCOC(=O)c1ccn(N=O)n1. The fraction of sp³-hybridized carbons (Fsp3) is 0.333. The first-order valence-corrected chi connectivity index (χ1v) is 3.34. The first kappa shape index (κ1) is 8.38. The lowest BCUT2D eigenvalue weighted by atomic mass is 10.4. The Morgan fingerprint density at radius 2 is 2.58 bits per heavy atom. The van der Waals surface area contributed by atoms with Crippen molar-refractivity contribution in [2.45, 2.75) is 6.92 Å². The molecule has 1 heterocycles. The van der Waals surface area contributed by atoms with Crippen LogP contribution in [-0.4, -0.2) is 22.5 Å². The molecule has 12 heavy (non-hydrogen) atoms. The summed E-state index contributed by atoms with van der Waals surface area (Å²) in [7, 11) is 0. The zero-order valence-electron chi connectivity index (χ0n) is 6.43. The summed E-state index contributed by atoms with van der Waals surface area (Å²) < 4.78 is 4.63. The van der Waals surface area contributed by atoms with Crippen molar-refractivity contribution < 1.29 is 9.53 Å². The Hall–Kier alpha value is -1.72. The molecule has 64 valence electrons. The summed E-state index contributed by atoms with van der Waals surface area (Å²) in [5, 5.41) is 5.99. The average molecular weight is 169 g/mol. The minimum absolute atomic E-state index is 0.0800. The maximum absolute atomic E-state index is 10.9. The third-order valence-electron chi connectivity index (χ3n) is 1.14. The average Bonchev–Trinajstić information content (AvgIpc) is 2.52. The number of carbonyl (C=O) groups excluding carboxylic acids is 1. The summed E-state index contributed by atoms with van der Waals surface area (Å²) in [6.07, 6.45) is 1.28. The highest BCUT2D eigenvalue weighted by atomic mass is 16.5. The van der Waals surface area contributed by atoms with Crippen LogP contribution >= 0.6 is 0 Å². The van der Waals surface area contributed by atoms with Gasteiger partial charge >= 0.3 is 5.97 Å². The number of hydrogen-bond acceptors (Lipinski definition) is 5. The third kappa shape index (κ3) is 1.66. The molecule has 0 aliphatic heterocycles. The van der Waals surface area contributed by atoms with Crippen LogP contribution in [0.3, 0.4) is 0 Å². The van der Waals surface area contributed by atoms with Crippen LogP contribution in [0.15, 0.2) is 17.5 Å². The van der Waals surface area contributed by atoms with Crippen LogP contribution < -0.4 is 0 Å². The molecule has 6 nitrogen and oxygen atoms in total. The van der Waals surface area contributed by atoms with Crippen molar-refractivity contribution in [2.75, 3.05) is 6.61 Å². The number of esters is 1. The lowest BCUT2D eigenvalue weighted by Crippen LogP contribution is -2.05. The van der Waals surface area contributed by atoms with Crippen molar-refractivity contribution in [1.29, 1.82) is 0 Å². The fourth-order valence-electron chi connectivity index (χ4n) is 0.674. The Balaban J connectivity index is 2.74. The van der Waals surface area contributed by atoms with Crippen molar-refractivity contribution in [2.24, 2.45) is 5.29 Å². The summed E-state index contributed by atoms with van der Waals surface area (Å²) >= 11 is 0. The molecule has 0 aromatic carbocycles. The van der Waals surface area contributed by atoms with E-state index in [0.717, 1.165) is 4.79 Å². The summed E-state index contributed by atoms with van der Waals surface area (Å²) in [4.78, 5) is 21.6. The standard InChI is InChI=1S/C6H7N3O3/c1-2-12-6(10)5-3-4-9(7-5)8-11/h3-4H,2H2,1H3. The van der Waals surface area contributed by atoms with E-state index in [1.165, 1.54) is 12.3 Å². The van der Waals surface area contributed by atoms with Gasteiger partial charge in [-0.3, -0.25) is 0 Å². The Labute approximate surface area is 68.1 Å².